The number of nitrogens with zero attached hydrogens (tertiary/aromatic N) is 1. The third-order valence-corrected chi connectivity index (χ3v) is 3.15. The Morgan fingerprint density at radius 1 is 1.38 bits per heavy atom. The van der Waals surface area contributed by atoms with E-state index in [-0.39, 0.29) is 0 Å². The fraction of sp³-hybridized carbons (Fsp3) is 1.00. The minimum atomic E-state index is 0.669. The third-order valence-electron chi connectivity index (χ3n) is 3.15. The molecule has 1 aliphatic rings. The van der Waals surface area contributed by atoms with Crippen LogP contribution in [0.4, 0.5) is 0 Å². The fourth-order valence-corrected chi connectivity index (χ4v) is 1.77. The van der Waals surface area contributed by atoms with Crippen LogP contribution in [0.25, 0.3) is 0 Å². The third kappa shape index (κ3) is 3.65. The first-order valence-corrected chi connectivity index (χ1v) is 5.53. The van der Waals surface area contributed by atoms with E-state index in [0.29, 0.717) is 6.04 Å². The molecule has 1 N–H and O–H groups in total. The van der Waals surface area contributed by atoms with Gasteiger partial charge in [-0.3, -0.25) is 0 Å². The van der Waals surface area contributed by atoms with E-state index in [9.17, 15) is 0 Å². The van der Waals surface area contributed by atoms with E-state index in [1.54, 1.807) is 0 Å². The standard InChI is InChI=1S/C11H24N2/c1-9(2)13(4)6-5-12-11-7-10(3)8-11/h9-12H,5-8H2,1-4H3. The van der Waals surface area contributed by atoms with Crippen LogP contribution in [0.15, 0.2) is 0 Å². The molecule has 0 aromatic rings. The van der Waals surface area contributed by atoms with Gasteiger partial charge in [0.25, 0.3) is 0 Å². The second-order valence-corrected chi connectivity index (χ2v) is 4.80. The molecule has 13 heavy (non-hydrogen) atoms. The molecule has 0 aromatic carbocycles. The first kappa shape index (κ1) is 11.0. The SMILES string of the molecule is CC1CC(NCCN(C)C(C)C)C1. The van der Waals surface area contributed by atoms with Crippen LogP contribution in [0.2, 0.25) is 0 Å². The van der Waals surface area contributed by atoms with E-state index in [0.717, 1.165) is 18.5 Å². The van der Waals surface area contributed by atoms with Crippen LogP contribution in [0.1, 0.15) is 33.6 Å². The molecule has 0 unspecified atom stereocenters. The zero-order valence-electron chi connectivity index (χ0n) is 9.51. The predicted octanol–water partition coefficient (Wildman–Crippen LogP) is 1.71. The van der Waals surface area contributed by atoms with Crippen molar-refractivity contribution in [3.8, 4) is 0 Å². The maximum absolute atomic E-state index is 3.59. The summed E-state index contributed by atoms with van der Waals surface area (Å²) in [6.07, 6.45) is 2.76. The van der Waals surface area contributed by atoms with E-state index < -0.39 is 0 Å². The van der Waals surface area contributed by atoms with Crippen LogP contribution in [0, 0.1) is 5.92 Å². The molecule has 1 rings (SSSR count). The lowest BCUT2D eigenvalue weighted by molar-refractivity contribution is 0.218. The van der Waals surface area contributed by atoms with Crippen LogP contribution in [0.5, 0.6) is 0 Å². The minimum Gasteiger partial charge on any atom is -0.313 e. The second-order valence-electron chi connectivity index (χ2n) is 4.80. The number of rotatable bonds is 5. The summed E-state index contributed by atoms with van der Waals surface area (Å²) in [4.78, 5) is 2.38. The highest BCUT2D eigenvalue weighted by Crippen LogP contribution is 2.25. The van der Waals surface area contributed by atoms with Crippen LogP contribution >= 0.6 is 0 Å². The van der Waals surface area contributed by atoms with Gasteiger partial charge < -0.3 is 10.2 Å². The van der Waals surface area contributed by atoms with Gasteiger partial charge in [0.2, 0.25) is 0 Å². The summed E-state index contributed by atoms with van der Waals surface area (Å²) in [5.74, 6) is 0.959. The Balaban J connectivity index is 1.95. The molecular weight excluding hydrogens is 160 g/mol. The second kappa shape index (κ2) is 4.97. The van der Waals surface area contributed by atoms with Gasteiger partial charge in [-0.15, -0.1) is 0 Å². The molecule has 0 radical (unpaired) electrons. The molecule has 0 saturated heterocycles. The summed E-state index contributed by atoms with van der Waals surface area (Å²) in [5.41, 5.74) is 0. The summed E-state index contributed by atoms with van der Waals surface area (Å²) in [6.45, 7) is 9.13. The highest BCUT2D eigenvalue weighted by molar-refractivity contribution is 4.82. The van der Waals surface area contributed by atoms with Crippen molar-refractivity contribution in [3.05, 3.63) is 0 Å². The maximum Gasteiger partial charge on any atom is 0.0107 e. The van der Waals surface area contributed by atoms with E-state index in [4.69, 9.17) is 0 Å². The van der Waals surface area contributed by atoms with Crippen LogP contribution in [-0.2, 0) is 0 Å². The molecule has 2 nitrogen and oxygen atoms in total. The van der Waals surface area contributed by atoms with Crippen molar-refractivity contribution in [2.24, 2.45) is 5.92 Å². The van der Waals surface area contributed by atoms with Gasteiger partial charge in [0, 0.05) is 25.2 Å². The molecule has 78 valence electrons. The first-order valence-electron chi connectivity index (χ1n) is 5.53. The first-order chi connectivity index (χ1) is 6.09. The molecular formula is C11H24N2. The monoisotopic (exact) mass is 184 g/mol. The van der Waals surface area contributed by atoms with Crippen molar-refractivity contribution in [1.29, 1.82) is 0 Å². The van der Waals surface area contributed by atoms with Gasteiger partial charge in [0.1, 0.15) is 0 Å². The van der Waals surface area contributed by atoms with Gasteiger partial charge in [-0.1, -0.05) is 6.92 Å². The average Bonchev–Trinajstić information content (AvgIpc) is 2.00. The summed E-state index contributed by atoms with van der Waals surface area (Å²) in [7, 11) is 2.19. The maximum atomic E-state index is 3.59. The molecule has 1 aliphatic carbocycles. The van der Waals surface area contributed by atoms with Crippen LogP contribution in [-0.4, -0.2) is 37.1 Å². The van der Waals surface area contributed by atoms with Crippen molar-refractivity contribution >= 4 is 0 Å². The van der Waals surface area contributed by atoms with Crippen molar-refractivity contribution in [3.63, 3.8) is 0 Å². The zero-order chi connectivity index (χ0) is 9.84. The van der Waals surface area contributed by atoms with Gasteiger partial charge >= 0.3 is 0 Å². The summed E-state index contributed by atoms with van der Waals surface area (Å²) < 4.78 is 0. The van der Waals surface area contributed by atoms with Crippen molar-refractivity contribution in [2.75, 3.05) is 20.1 Å². The molecule has 0 heterocycles. The van der Waals surface area contributed by atoms with Gasteiger partial charge in [0.15, 0.2) is 0 Å². The Kier molecular flexibility index (Phi) is 4.20. The molecule has 0 aliphatic heterocycles. The van der Waals surface area contributed by atoms with Gasteiger partial charge in [-0.05, 0) is 39.7 Å². The largest absolute Gasteiger partial charge is 0.313 e. The minimum absolute atomic E-state index is 0.669. The van der Waals surface area contributed by atoms with Crippen LogP contribution in [0.3, 0.4) is 0 Å². The zero-order valence-corrected chi connectivity index (χ0v) is 9.51. The Hall–Kier alpha value is -0.0800. The summed E-state index contributed by atoms with van der Waals surface area (Å²) in [6, 6.07) is 1.48. The topological polar surface area (TPSA) is 15.3 Å². The van der Waals surface area contributed by atoms with Gasteiger partial charge in [0.05, 0.1) is 0 Å². The summed E-state index contributed by atoms with van der Waals surface area (Å²) in [5, 5.41) is 3.59. The molecule has 0 aromatic heterocycles. The lowest BCUT2D eigenvalue weighted by atomic mass is 9.82. The van der Waals surface area contributed by atoms with E-state index in [1.165, 1.54) is 19.4 Å². The average molecular weight is 184 g/mol. The highest BCUT2D eigenvalue weighted by atomic mass is 15.1. The normalized spacial score (nSPS) is 28.2. The number of hydrogen-bond acceptors (Lipinski definition) is 2. The highest BCUT2D eigenvalue weighted by Gasteiger charge is 2.24. The molecule has 0 atom stereocenters. The quantitative estimate of drug-likeness (QED) is 0.700. The molecule has 1 saturated carbocycles. The van der Waals surface area contributed by atoms with Crippen molar-refractivity contribution in [1.82, 2.24) is 10.2 Å². The predicted molar refractivity (Wildman–Crippen MR) is 58.0 cm³/mol. The van der Waals surface area contributed by atoms with E-state index in [1.807, 2.05) is 0 Å². The fourth-order valence-electron chi connectivity index (χ4n) is 1.77. The van der Waals surface area contributed by atoms with Crippen molar-refractivity contribution in [2.45, 2.75) is 45.7 Å². The lowest BCUT2D eigenvalue weighted by Gasteiger charge is -2.34. The Morgan fingerprint density at radius 3 is 2.46 bits per heavy atom. The Bertz CT molecular complexity index is 139. The number of nitrogens with one attached hydrogen (secondary N) is 1. The Labute approximate surface area is 82.7 Å². The molecule has 2 heteroatoms. The Morgan fingerprint density at radius 2 is 2.00 bits per heavy atom. The molecule has 0 bridgehead atoms. The molecule has 0 amide bonds. The smallest absolute Gasteiger partial charge is 0.0107 e. The number of likely N-dealkylation sites (N-methyl/N-ethyl adjacent to an activating group) is 1. The number of hydrogen-bond donors (Lipinski definition) is 1. The van der Waals surface area contributed by atoms with Crippen LogP contribution < -0.4 is 5.32 Å². The lowest BCUT2D eigenvalue weighted by Crippen LogP contribution is -2.43. The molecule has 0 spiro atoms. The molecule has 1 fully saturated rings. The van der Waals surface area contributed by atoms with E-state index >= 15 is 0 Å². The van der Waals surface area contributed by atoms with Gasteiger partial charge in [-0.25, -0.2) is 0 Å². The summed E-state index contributed by atoms with van der Waals surface area (Å²) >= 11 is 0. The van der Waals surface area contributed by atoms with Gasteiger partial charge in [-0.2, -0.15) is 0 Å². The van der Waals surface area contributed by atoms with E-state index in [2.05, 4.69) is 38.0 Å². The van der Waals surface area contributed by atoms with Crippen molar-refractivity contribution < 1.29 is 0 Å².